The van der Waals surface area contributed by atoms with Crippen LogP contribution in [0.15, 0.2) is 30.3 Å². The molecule has 98 valence electrons. The van der Waals surface area contributed by atoms with Gasteiger partial charge >= 0.3 is 0 Å². The maximum atomic E-state index is 6.03. The van der Waals surface area contributed by atoms with Crippen LogP contribution in [0.2, 0.25) is 9.36 Å². The first-order chi connectivity index (χ1) is 9.06. The molecule has 3 aromatic rings. The number of nitrogens with zero attached hydrogens (tertiary/aromatic N) is 2. The van der Waals surface area contributed by atoms with E-state index in [0.29, 0.717) is 11.0 Å². The van der Waals surface area contributed by atoms with Crippen molar-refractivity contribution in [2.45, 2.75) is 13.0 Å². The Balaban J connectivity index is 2.16. The highest BCUT2D eigenvalue weighted by molar-refractivity contribution is 7.16. The van der Waals surface area contributed by atoms with Crippen molar-refractivity contribution in [3.63, 3.8) is 0 Å². The Hall–Kier alpha value is -1.23. The van der Waals surface area contributed by atoms with E-state index < -0.39 is 0 Å². The normalized spacial score (nSPS) is 13.0. The van der Waals surface area contributed by atoms with Crippen LogP contribution in [0, 0.1) is 0 Å². The largest absolute Gasteiger partial charge is 0.369 e. The van der Waals surface area contributed by atoms with E-state index in [4.69, 9.17) is 28.9 Å². The van der Waals surface area contributed by atoms with Crippen LogP contribution >= 0.6 is 34.5 Å². The highest BCUT2D eigenvalue weighted by Crippen LogP contribution is 2.33. The molecular formula is C13H11Cl2N3S. The monoisotopic (exact) mass is 311 g/mol. The van der Waals surface area contributed by atoms with Crippen LogP contribution in [0.5, 0.6) is 0 Å². The molecule has 0 aliphatic carbocycles. The second-order valence-electron chi connectivity index (χ2n) is 4.29. The number of benzene rings is 1. The van der Waals surface area contributed by atoms with Gasteiger partial charge in [0.15, 0.2) is 0 Å². The summed E-state index contributed by atoms with van der Waals surface area (Å²) in [7, 11) is 0. The van der Waals surface area contributed by atoms with Crippen LogP contribution < -0.4 is 5.73 Å². The summed E-state index contributed by atoms with van der Waals surface area (Å²) < 4.78 is 2.77. The number of hydrogen-bond donors (Lipinski definition) is 1. The highest BCUT2D eigenvalue weighted by Gasteiger charge is 2.17. The number of thiophene rings is 1. The van der Waals surface area contributed by atoms with Gasteiger partial charge < -0.3 is 10.3 Å². The number of nitrogen functional groups attached to an aromatic ring is 1. The summed E-state index contributed by atoms with van der Waals surface area (Å²) in [4.78, 5) is 5.50. The first-order valence-corrected chi connectivity index (χ1v) is 7.31. The van der Waals surface area contributed by atoms with E-state index in [0.717, 1.165) is 20.2 Å². The number of nitrogens with two attached hydrogens (primary N) is 1. The predicted octanol–water partition coefficient (Wildman–Crippen LogP) is 4.60. The zero-order chi connectivity index (χ0) is 13.6. The van der Waals surface area contributed by atoms with E-state index in [1.165, 1.54) is 0 Å². The van der Waals surface area contributed by atoms with Crippen LogP contribution in [-0.2, 0) is 0 Å². The second-order valence-corrected chi connectivity index (χ2v) is 6.47. The third kappa shape index (κ3) is 2.20. The maximum absolute atomic E-state index is 6.03. The molecule has 1 atom stereocenters. The summed E-state index contributed by atoms with van der Waals surface area (Å²) in [5, 5.41) is 0.656. The molecule has 0 aliphatic rings. The molecule has 1 aromatic carbocycles. The minimum atomic E-state index is 0.0867. The fraction of sp³-hybridized carbons (Fsp3) is 0.154. The third-order valence-electron chi connectivity index (χ3n) is 3.07. The van der Waals surface area contributed by atoms with Crippen molar-refractivity contribution in [3.05, 3.63) is 44.6 Å². The zero-order valence-corrected chi connectivity index (χ0v) is 12.4. The SMILES string of the molecule is CC(c1ccc(Cl)s1)n1c(N)nc2cc(Cl)ccc21. The molecule has 0 saturated heterocycles. The quantitative estimate of drug-likeness (QED) is 0.752. The molecule has 0 bridgehead atoms. The van der Waals surface area contributed by atoms with Gasteiger partial charge in [-0.15, -0.1) is 11.3 Å². The molecule has 3 nitrogen and oxygen atoms in total. The van der Waals surface area contributed by atoms with E-state index in [2.05, 4.69) is 11.9 Å². The van der Waals surface area contributed by atoms with Crippen molar-refractivity contribution in [2.24, 2.45) is 0 Å². The number of halogens is 2. The van der Waals surface area contributed by atoms with Gasteiger partial charge in [0, 0.05) is 9.90 Å². The van der Waals surface area contributed by atoms with Gasteiger partial charge in [-0.25, -0.2) is 4.98 Å². The number of imidazole rings is 1. The molecule has 0 spiro atoms. The van der Waals surface area contributed by atoms with Crippen molar-refractivity contribution in [1.29, 1.82) is 0 Å². The molecule has 2 N–H and O–H groups in total. The highest BCUT2D eigenvalue weighted by atomic mass is 35.5. The molecular weight excluding hydrogens is 301 g/mol. The Bertz CT molecular complexity index is 748. The first kappa shape index (κ1) is 12.8. The van der Waals surface area contributed by atoms with Gasteiger partial charge in [0.25, 0.3) is 0 Å². The van der Waals surface area contributed by atoms with Gasteiger partial charge in [0.2, 0.25) is 5.95 Å². The van der Waals surface area contributed by atoms with Gasteiger partial charge in [-0.2, -0.15) is 0 Å². The number of rotatable bonds is 2. The summed E-state index contributed by atoms with van der Waals surface area (Å²) in [6.07, 6.45) is 0. The van der Waals surface area contributed by atoms with Crippen molar-refractivity contribution < 1.29 is 0 Å². The number of fused-ring (bicyclic) bond motifs is 1. The minimum absolute atomic E-state index is 0.0867. The second kappa shape index (κ2) is 4.71. The summed E-state index contributed by atoms with van der Waals surface area (Å²) in [6, 6.07) is 9.59. The Morgan fingerprint density at radius 1 is 1.26 bits per heavy atom. The predicted molar refractivity (Wildman–Crippen MR) is 82.3 cm³/mol. The molecule has 0 amide bonds. The van der Waals surface area contributed by atoms with Crippen molar-refractivity contribution in [1.82, 2.24) is 9.55 Å². The van der Waals surface area contributed by atoms with Crippen LogP contribution in [0.3, 0.4) is 0 Å². The fourth-order valence-corrected chi connectivity index (χ4v) is 3.45. The van der Waals surface area contributed by atoms with E-state index in [1.54, 1.807) is 11.3 Å². The van der Waals surface area contributed by atoms with Crippen LogP contribution in [0.4, 0.5) is 5.95 Å². The summed E-state index contributed by atoms with van der Waals surface area (Å²) in [5.74, 6) is 0.481. The van der Waals surface area contributed by atoms with E-state index in [-0.39, 0.29) is 6.04 Å². The van der Waals surface area contributed by atoms with Crippen LogP contribution in [-0.4, -0.2) is 9.55 Å². The third-order valence-corrected chi connectivity index (χ3v) is 4.71. The topological polar surface area (TPSA) is 43.8 Å². The van der Waals surface area contributed by atoms with Gasteiger partial charge in [-0.3, -0.25) is 0 Å². The number of hydrogen-bond acceptors (Lipinski definition) is 3. The van der Waals surface area contributed by atoms with Crippen molar-refractivity contribution in [3.8, 4) is 0 Å². The maximum Gasteiger partial charge on any atom is 0.201 e. The Kier molecular flexibility index (Phi) is 3.17. The molecule has 3 rings (SSSR count). The standard InChI is InChI=1S/C13H11Cl2N3S/c1-7(11-4-5-12(15)19-11)18-10-3-2-8(14)6-9(10)17-13(18)16/h2-7H,1H3,(H2,16,17). The molecule has 0 aliphatic heterocycles. The number of aromatic nitrogens is 2. The minimum Gasteiger partial charge on any atom is -0.369 e. The smallest absolute Gasteiger partial charge is 0.201 e. The lowest BCUT2D eigenvalue weighted by Crippen LogP contribution is -2.08. The average Bonchev–Trinajstić information content (AvgIpc) is 2.91. The van der Waals surface area contributed by atoms with Gasteiger partial charge in [0.05, 0.1) is 21.4 Å². The van der Waals surface area contributed by atoms with Gasteiger partial charge in [-0.1, -0.05) is 23.2 Å². The van der Waals surface area contributed by atoms with Crippen molar-refractivity contribution in [2.75, 3.05) is 5.73 Å². The Labute approximate surface area is 124 Å². The molecule has 0 radical (unpaired) electrons. The fourth-order valence-electron chi connectivity index (χ4n) is 2.18. The molecule has 0 fully saturated rings. The molecule has 6 heteroatoms. The van der Waals surface area contributed by atoms with Crippen LogP contribution in [0.1, 0.15) is 17.8 Å². The van der Waals surface area contributed by atoms with E-state index in [1.807, 2.05) is 34.9 Å². The van der Waals surface area contributed by atoms with Gasteiger partial charge in [0.1, 0.15) is 0 Å². The van der Waals surface area contributed by atoms with E-state index in [9.17, 15) is 0 Å². The molecule has 2 heterocycles. The average molecular weight is 312 g/mol. The Morgan fingerprint density at radius 3 is 2.74 bits per heavy atom. The van der Waals surface area contributed by atoms with Crippen molar-refractivity contribution >= 4 is 51.5 Å². The summed E-state index contributed by atoms with van der Waals surface area (Å²) in [5.41, 5.74) is 7.81. The lowest BCUT2D eigenvalue weighted by Gasteiger charge is -2.14. The molecule has 1 unspecified atom stereocenters. The summed E-state index contributed by atoms with van der Waals surface area (Å²) in [6.45, 7) is 2.08. The number of anilines is 1. The Morgan fingerprint density at radius 2 is 2.05 bits per heavy atom. The van der Waals surface area contributed by atoms with Crippen LogP contribution in [0.25, 0.3) is 11.0 Å². The molecule has 19 heavy (non-hydrogen) atoms. The van der Waals surface area contributed by atoms with E-state index >= 15 is 0 Å². The summed E-state index contributed by atoms with van der Waals surface area (Å²) >= 11 is 13.5. The lowest BCUT2D eigenvalue weighted by molar-refractivity contribution is 0.680. The first-order valence-electron chi connectivity index (χ1n) is 5.74. The molecule has 2 aromatic heterocycles. The zero-order valence-electron chi connectivity index (χ0n) is 10.1. The molecule has 0 saturated carbocycles. The lowest BCUT2D eigenvalue weighted by atomic mass is 10.2. The van der Waals surface area contributed by atoms with Gasteiger partial charge in [-0.05, 0) is 37.3 Å².